The van der Waals surface area contributed by atoms with Gasteiger partial charge in [-0.15, -0.1) is 0 Å². The van der Waals surface area contributed by atoms with Crippen LogP contribution in [-0.2, 0) is 21.2 Å². The molecule has 0 unspecified atom stereocenters. The van der Waals surface area contributed by atoms with Crippen LogP contribution in [-0.4, -0.2) is 37.8 Å². The van der Waals surface area contributed by atoms with Crippen LogP contribution in [0.15, 0.2) is 16.5 Å². The van der Waals surface area contributed by atoms with Crippen LogP contribution < -0.4 is 0 Å². The SMILES string of the molecule is C[C@@H]1C[C@H]1c1ccc(CN(C)C(=O)[C@H](C)S(C)(=O)=O)o1. The van der Waals surface area contributed by atoms with Crippen LogP contribution in [0, 0.1) is 5.92 Å². The monoisotopic (exact) mass is 299 g/mol. The van der Waals surface area contributed by atoms with E-state index < -0.39 is 21.0 Å². The smallest absolute Gasteiger partial charge is 0.240 e. The molecular weight excluding hydrogens is 278 g/mol. The van der Waals surface area contributed by atoms with Gasteiger partial charge in [-0.1, -0.05) is 6.92 Å². The summed E-state index contributed by atoms with van der Waals surface area (Å²) in [5.41, 5.74) is 0. The molecule has 0 aromatic carbocycles. The molecule has 1 heterocycles. The fraction of sp³-hybridized carbons (Fsp3) is 0.643. The fourth-order valence-electron chi connectivity index (χ4n) is 2.20. The van der Waals surface area contributed by atoms with Gasteiger partial charge in [0.1, 0.15) is 16.8 Å². The van der Waals surface area contributed by atoms with Gasteiger partial charge in [0.15, 0.2) is 9.84 Å². The predicted molar refractivity (Wildman–Crippen MR) is 76.0 cm³/mol. The Hall–Kier alpha value is -1.30. The molecule has 6 heteroatoms. The quantitative estimate of drug-likeness (QED) is 0.831. The molecular formula is C14H21NO4S. The zero-order valence-electron chi connectivity index (χ0n) is 12.3. The third-order valence-corrected chi connectivity index (χ3v) is 5.40. The molecule has 1 aromatic heterocycles. The first-order chi connectivity index (χ1) is 9.20. The van der Waals surface area contributed by atoms with Crippen LogP contribution in [0.1, 0.15) is 37.7 Å². The van der Waals surface area contributed by atoms with Crippen molar-refractivity contribution in [3.8, 4) is 0 Å². The Morgan fingerprint density at radius 1 is 1.50 bits per heavy atom. The lowest BCUT2D eigenvalue weighted by atomic mass is 10.3. The third kappa shape index (κ3) is 3.23. The maximum Gasteiger partial charge on any atom is 0.240 e. The summed E-state index contributed by atoms with van der Waals surface area (Å²) >= 11 is 0. The van der Waals surface area contributed by atoms with Crippen LogP contribution in [0.4, 0.5) is 0 Å². The van der Waals surface area contributed by atoms with Gasteiger partial charge in [-0.25, -0.2) is 8.42 Å². The van der Waals surface area contributed by atoms with Crippen molar-refractivity contribution in [2.45, 2.75) is 38.0 Å². The Kier molecular flexibility index (Phi) is 3.95. The molecule has 1 aliphatic rings. The van der Waals surface area contributed by atoms with Crippen molar-refractivity contribution in [3.63, 3.8) is 0 Å². The van der Waals surface area contributed by atoms with Crippen molar-refractivity contribution < 1.29 is 17.6 Å². The highest BCUT2D eigenvalue weighted by atomic mass is 32.2. The van der Waals surface area contributed by atoms with E-state index in [-0.39, 0.29) is 0 Å². The van der Waals surface area contributed by atoms with Gasteiger partial charge in [0.25, 0.3) is 0 Å². The minimum Gasteiger partial charge on any atom is -0.464 e. The average molecular weight is 299 g/mol. The van der Waals surface area contributed by atoms with Gasteiger partial charge in [-0.2, -0.15) is 0 Å². The minimum absolute atomic E-state index is 0.291. The van der Waals surface area contributed by atoms with Crippen molar-refractivity contribution in [1.82, 2.24) is 4.90 Å². The number of rotatable bonds is 5. The largest absolute Gasteiger partial charge is 0.464 e. The molecule has 1 aromatic rings. The molecule has 0 N–H and O–H groups in total. The topological polar surface area (TPSA) is 67.6 Å². The van der Waals surface area contributed by atoms with Crippen molar-refractivity contribution in [3.05, 3.63) is 23.7 Å². The molecule has 1 aliphatic carbocycles. The number of furan rings is 1. The highest BCUT2D eigenvalue weighted by Crippen LogP contribution is 2.47. The third-order valence-electron chi connectivity index (χ3n) is 3.92. The van der Waals surface area contributed by atoms with Crippen LogP contribution in [0.3, 0.4) is 0 Å². The van der Waals surface area contributed by atoms with Gasteiger partial charge in [0, 0.05) is 19.2 Å². The highest BCUT2D eigenvalue weighted by molar-refractivity contribution is 7.92. The Labute approximate surface area is 119 Å². The molecule has 1 fully saturated rings. The second-order valence-electron chi connectivity index (χ2n) is 5.79. The zero-order valence-corrected chi connectivity index (χ0v) is 13.1. The lowest BCUT2D eigenvalue weighted by Crippen LogP contribution is -2.38. The van der Waals surface area contributed by atoms with Gasteiger partial charge >= 0.3 is 0 Å². The fourth-order valence-corrected chi connectivity index (χ4v) is 2.75. The Morgan fingerprint density at radius 2 is 2.10 bits per heavy atom. The van der Waals surface area contributed by atoms with Gasteiger partial charge in [0.2, 0.25) is 5.91 Å². The molecule has 112 valence electrons. The first-order valence-electron chi connectivity index (χ1n) is 6.72. The molecule has 3 atom stereocenters. The molecule has 1 amide bonds. The molecule has 0 radical (unpaired) electrons. The van der Waals surface area contributed by atoms with E-state index in [9.17, 15) is 13.2 Å². The summed E-state index contributed by atoms with van der Waals surface area (Å²) in [5.74, 6) is 2.41. The zero-order chi connectivity index (χ0) is 15.1. The lowest BCUT2D eigenvalue weighted by Gasteiger charge is -2.19. The second-order valence-corrected chi connectivity index (χ2v) is 8.16. The van der Waals surface area contributed by atoms with E-state index in [1.54, 1.807) is 7.05 Å². The number of amides is 1. The summed E-state index contributed by atoms with van der Waals surface area (Å²) in [6.07, 6.45) is 2.22. The summed E-state index contributed by atoms with van der Waals surface area (Å²) in [4.78, 5) is 13.4. The van der Waals surface area contributed by atoms with E-state index in [1.807, 2.05) is 12.1 Å². The molecule has 0 saturated heterocycles. The molecule has 1 saturated carbocycles. The van der Waals surface area contributed by atoms with Crippen LogP contribution >= 0.6 is 0 Å². The number of nitrogens with zero attached hydrogens (tertiary/aromatic N) is 1. The number of hydrogen-bond acceptors (Lipinski definition) is 4. The second kappa shape index (κ2) is 5.24. The minimum atomic E-state index is -3.37. The summed E-state index contributed by atoms with van der Waals surface area (Å²) in [5, 5.41) is -1.02. The molecule has 0 aliphatic heterocycles. The van der Waals surface area contributed by atoms with E-state index in [0.717, 1.165) is 18.4 Å². The molecule has 20 heavy (non-hydrogen) atoms. The lowest BCUT2D eigenvalue weighted by molar-refractivity contribution is -0.129. The van der Waals surface area contributed by atoms with Gasteiger partial charge in [-0.05, 0) is 31.4 Å². The van der Waals surface area contributed by atoms with Crippen LogP contribution in [0.5, 0.6) is 0 Å². The van der Waals surface area contributed by atoms with E-state index in [4.69, 9.17) is 4.42 Å². The van der Waals surface area contributed by atoms with E-state index in [0.29, 0.717) is 24.1 Å². The van der Waals surface area contributed by atoms with Crippen molar-refractivity contribution in [1.29, 1.82) is 0 Å². The summed E-state index contributed by atoms with van der Waals surface area (Å²) < 4.78 is 28.5. The maximum atomic E-state index is 12.0. The van der Waals surface area contributed by atoms with E-state index in [1.165, 1.54) is 11.8 Å². The standard InChI is InChI=1S/C14H21NO4S/c1-9-7-12(9)13-6-5-11(19-13)8-15(3)14(16)10(2)20(4,17)18/h5-6,9-10,12H,7-8H2,1-4H3/t9-,10+,12-/m1/s1. The van der Waals surface area contributed by atoms with Gasteiger partial charge < -0.3 is 9.32 Å². The number of carbonyl (C=O) groups excluding carboxylic acids is 1. The number of sulfone groups is 1. The van der Waals surface area contributed by atoms with E-state index in [2.05, 4.69) is 6.92 Å². The summed E-state index contributed by atoms with van der Waals surface area (Å²) in [7, 11) is -1.78. The maximum absolute atomic E-state index is 12.0. The number of carbonyl (C=O) groups is 1. The normalized spacial score (nSPS) is 23.4. The highest BCUT2D eigenvalue weighted by Gasteiger charge is 2.36. The Balaban J connectivity index is 1.99. The Bertz CT molecular complexity index is 604. The summed E-state index contributed by atoms with van der Waals surface area (Å²) in [6.45, 7) is 3.88. The van der Waals surface area contributed by atoms with Crippen LogP contribution in [0.2, 0.25) is 0 Å². The summed E-state index contributed by atoms with van der Waals surface area (Å²) in [6, 6.07) is 3.80. The average Bonchev–Trinajstić information content (AvgIpc) is 2.89. The first kappa shape index (κ1) is 15.1. The van der Waals surface area contributed by atoms with E-state index >= 15 is 0 Å². The molecule has 5 nitrogen and oxygen atoms in total. The number of hydrogen-bond donors (Lipinski definition) is 0. The van der Waals surface area contributed by atoms with Crippen molar-refractivity contribution >= 4 is 15.7 Å². The van der Waals surface area contributed by atoms with Crippen molar-refractivity contribution in [2.24, 2.45) is 5.92 Å². The van der Waals surface area contributed by atoms with Crippen molar-refractivity contribution in [2.75, 3.05) is 13.3 Å². The van der Waals surface area contributed by atoms with Gasteiger partial charge in [-0.3, -0.25) is 4.79 Å². The molecule has 2 rings (SSSR count). The Morgan fingerprint density at radius 3 is 2.60 bits per heavy atom. The van der Waals surface area contributed by atoms with Gasteiger partial charge in [0.05, 0.1) is 6.54 Å². The predicted octanol–water partition coefficient (Wildman–Crippen LogP) is 1.79. The molecule has 0 spiro atoms. The molecule has 0 bridgehead atoms. The van der Waals surface area contributed by atoms with Crippen LogP contribution in [0.25, 0.3) is 0 Å². The first-order valence-corrected chi connectivity index (χ1v) is 8.68.